The highest BCUT2D eigenvalue weighted by molar-refractivity contribution is 5.85. The Balaban J connectivity index is 2.17. The van der Waals surface area contributed by atoms with Crippen LogP contribution in [-0.4, -0.2) is 22.8 Å². The Morgan fingerprint density at radius 3 is 3.06 bits per heavy atom. The third kappa shape index (κ3) is 4.15. The van der Waals surface area contributed by atoms with E-state index >= 15 is 0 Å². The Kier molecular flexibility index (Phi) is 5.09. The second-order valence-corrected chi connectivity index (χ2v) is 3.32. The van der Waals surface area contributed by atoms with E-state index < -0.39 is 5.97 Å². The number of aromatic carboxylic acids is 1. The maximum absolute atomic E-state index is 10.5. The molecule has 2 N–H and O–H groups in total. The van der Waals surface area contributed by atoms with Gasteiger partial charge >= 0.3 is 5.97 Å². The van der Waals surface area contributed by atoms with E-state index in [0.29, 0.717) is 12.3 Å². The molecule has 0 radical (unpaired) electrons. The van der Waals surface area contributed by atoms with Crippen LogP contribution in [0.4, 0.5) is 0 Å². The van der Waals surface area contributed by atoms with E-state index in [9.17, 15) is 4.79 Å². The van der Waals surface area contributed by atoms with Crippen LogP contribution in [0.5, 0.6) is 0 Å². The van der Waals surface area contributed by atoms with Crippen molar-refractivity contribution in [2.75, 3.05) is 6.54 Å². The van der Waals surface area contributed by atoms with Gasteiger partial charge in [0.15, 0.2) is 11.5 Å². The first kappa shape index (κ1) is 12.3. The summed E-state index contributed by atoms with van der Waals surface area (Å²) in [7, 11) is 0. The molecule has 86 valence electrons. The molecule has 5 heteroatoms. The van der Waals surface area contributed by atoms with Crippen molar-refractivity contribution in [3.8, 4) is 12.3 Å². The maximum atomic E-state index is 10.5. The van der Waals surface area contributed by atoms with Crippen molar-refractivity contribution in [3.05, 3.63) is 17.5 Å². The summed E-state index contributed by atoms with van der Waals surface area (Å²) >= 11 is 0. The van der Waals surface area contributed by atoms with E-state index in [-0.39, 0.29) is 5.69 Å². The zero-order valence-corrected chi connectivity index (χ0v) is 8.90. The van der Waals surface area contributed by atoms with Crippen LogP contribution in [0.2, 0.25) is 0 Å². The Bertz CT molecular complexity index is 379. The van der Waals surface area contributed by atoms with Crippen molar-refractivity contribution in [2.45, 2.75) is 25.8 Å². The fraction of sp³-hybridized carbons (Fsp3) is 0.455. The van der Waals surface area contributed by atoms with E-state index in [0.717, 1.165) is 25.8 Å². The molecule has 0 fully saturated rings. The van der Waals surface area contributed by atoms with E-state index in [1.807, 2.05) is 0 Å². The maximum Gasteiger partial charge on any atom is 0.358 e. The van der Waals surface area contributed by atoms with Crippen molar-refractivity contribution >= 4 is 5.97 Å². The normalized spacial score (nSPS) is 9.94. The van der Waals surface area contributed by atoms with Gasteiger partial charge in [-0.05, 0) is 19.4 Å². The number of nitrogens with zero attached hydrogens (tertiary/aromatic N) is 1. The summed E-state index contributed by atoms with van der Waals surface area (Å²) in [5.41, 5.74) is -0.0656. The van der Waals surface area contributed by atoms with Crippen molar-refractivity contribution < 1.29 is 14.4 Å². The number of unbranched alkanes of at least 4 members (excludes halogenated alkanes) is 2. The lowest BCUT2D eigenvalue weighted by Gasteiger charge is -1.99. The summed E-state index contributed by atoms with van der Waals surface area (Å²) in [6.45, 7) is 1.31. The number of terminal acetylenes is 1. The SMILES string of the molecule is C#CCCCCNCc1cc(C(=O)O)no1. The summed E-state index contributed by atoms with van der Waals surface area (Å²) in [6.07, 6.45) is 7.88. The van der Waals surface area contributed by atoms with Crippen molar-refractivity contribution in [2.24, 2.45) is 0 Å². The number of hydrogen-bond donors (Lipinski definition) is 2. The van der Waals surface area contributed by atoms with Gasteiger partial charge in [-0.15, -0.1) is 12.3 Å². The fourth-order valence-electron chi connectivity index (χ4n) is 1.19. The van der Waals surface area contributed by atoms with E-state index in [2.05, 4.69) is 16.4 Å². The van der Waals surface area contributed by atoms with Crippen LogP contribution in [0.25, 0.3) is 0 Å². The average molecular weight is 222 g/mol. The van der Waals surface area contributed by atoms with Crippen LogP contribution < -0.4 is 5.32 Å². The lowest BCUT2D eigenvalue weighted by Crippen LogP contribution is -2.14. The Hall–Kier alpha value is -1.80. The molecular formula is C11H14N2O3. The summed E-state index contributed by atoms with van der Waals surface area (Å²) in [4.78, 5) is 10.5. The van der Waals surface area contributed by atoms with Crippen LogP contribution in [-0.2, 0) is 6.54 Å². The summed E-state index contributed by atoms with van der Waals surface area (Å²) < 4.78 is 4.83. The zero-order valence-electron chi connectivity index (χ0n) is 8.90. The Morgan fingerprint density at radius 1 is 1.62 bits per heavy atom. The van der Waals surface area contributed by atoms with Gasteiger partial charge in [-0.2, -0.15) is 0 Å². The Morgan fingerprint density at radius 2 is 2.44 bits per heavy atom. The molecule has 0 bridgehead atoms. The van der Waals surface area contributed by atoms with Crippen molar-refractivity contribution in [1.29, 1.82) is 0 Å². The van der Waals surface area contributed by atoms with Gasteiger partial charge in [0.2, 0.25) is 0 Å². The summed E-state index contributed by atoms with van der Waals surface area (Å²) in [6, 6.07) is 1.41. The molecule has 0 aliphatic rings. The van der Waals surface area contributed by atoms with Gasteiger partial charge in [-0.25, -0.2) is 4.79 Å². The predicted molar refractivity (Wildman–Crippen MR) is 57.9 cm³/mol. The highest BCUT2D eigenvalue weighted by Crippen LogP contribution is 2.03. The smallest absolute Gasteiger partial charge is 0.358 e. The third-order valence-corrected chi connectivity index (χ3v) is 2.00. The third-order valence-electron chi connectivity index (χ3n) is 2.00. The van der Waals surface area contributed by atoms with Gasteiger partial charge in [-0.1, -0.05) is 5.16 Å². The molecular weight excluding hydrogens is 208 g/mol. The standard InChI is InChI=1S/C11H14N2O3/c1-2-3-4-5-6-12-8-9-7-10(11(14)15)13-16-9/h1,7,12H,3-6,8H2,(H,14,15). The van der Waals surface area contributed by atoms with Gasteiger partial charge < -0.3 is 14.9 Å². The van der Waals surface area contributed by atoms with Crippen LogP contribution >= 0.6 is 0 Å². The molecule has 0 saturated carbocycles. The second kappa shape index (κ2) is 6.64. The largest absolute Gasteiger partial charge is 0.476 e. The number of aromatic nitrogens is 1. The minimum atomic E-state index is -1.08. The molecule has 5 nitrogen and oxygen atoms in total. The monoisotopic (exact) mass is 222 g/mol. The number of carboxylic acids is 1. The molecule has 0 aromatic carbocycles. The number of rotatable bonds is 7. The van der Waals surface area contributed by atoms with Gasteiger partial charge in [0.1, 0.15) is 0 Å². The number of nitrogens with one attached hydrogen (secondary N) is 1. The molecule has 0 amide bonds. The molecule has 1 aromatic rings. The highest BCUT2D eigenvalue weighted by atomic mass is 16.5. The molecule has 0 spiro atoms. The van der Waals surface area contributed by atoms with Gasteiger partial charge in [0.05, 0.1) is 6.54 Å². The number of carbonyl (C=O) groups is 1. The van der Waals surface area contributed by atoms with Crippen LogP contribution in [0.3, 0.4) is 0 Å². The molecule has 1 aromatic heterocycles. The van der Waals surface area contributed by atoms with Crippen molar-refractivity contribution in [3.63, 3.8) is 0 Å². The molecule has 0 aliphatic heterocycles. The van der Waals surface area contributed by atoms with Gasteiger partial charge in [0.25, 0.3) is 0 Å². The minimum Gasteiger partial charge on any atom is -0.476 e. The second-order valence-electron chi connectivity index (χ2n) is 3.32. The predicted octanol–water partition coefficient (Wildman–Crippen LogP) is 1.27. The van der Waals surface area contributed by atoms with E-state index in [4.69, 9.17) is 16.1 Å². The lowest BCUT2D eigenvalue weighted by molar-refractivity contribution is 0.0685. The first-order valence-electron chi connectivity index (χ1n) is 5.07. The van der Waals surface area contributed by atoms with E-state index in [1.165, 1.54) is 6.07 Å². The molecule has 0 aliphatic carbocycles. The highest BCUT2D eigenvalue weighted by Gasteiger charge is 2.09. The fourth-order valence-corrected chi connectivity index (χ4v) is 1.19. The minimum absolute atomic E-state index is 0.0656. The average Bonchev–Trinajstić information content (AvgIpc) is 2.72. The molecule has 1 heterocycles. The number of carboxylic acid groups (broad SMARTS) is 1. The quantitative estimate of drug-likeness (QED) is 0.536. The van der Waals surface area contributed by atoms with Gasteiger partial charge in [-0.3, -0.25) is 0 Å². The first-order chi connectivity index (χ1) is 7.74. The first-order valence-corrected chi connectivity index (χ1v) is 5.07. The van der Waals surface area contributed by atoms with Crippen LogP contribution in [0.15, 0.2) is 10.6 Å². The number of hydrogen-bond acceptors (Lipinski definition) is 4. The van der Waals surface area contributed by atoms with Gasteiger partial charge in [0, 0.05) is 12.5 Å². The summed E-state index contributed by atoms with van der Waals surface area (Å²) in [5.74, 6) is 2.01. The van der Waals surface area contributed by atoms with Crippen LogP contribution in [0, 0.1) is 12.3 Å². The summed E-state index contributed by atoms with van der Waals surface area (Å²) in [5, 5.41) is 15.1. The zero-order chi connectivity index (χ0) is 11.8. The van der Waals surface area contributed by atoms with Crippen LogP contribution in [0.1, 0.15) is 35.5 Å². The molecule has 16 heavy (non-hydrogen) atoms. The topological polar surface area (TPSA) is 75.4 Å². The van der Waals surface area contributed by atoms with E-state index in [1.54, 1.807) is 0 Å². The molecule has 1 rings (SSSR count). The molecule has 0 saturated heterocycles. The Labute approximate surface area is 93.8 Å². The molecule has 0 unspecified atom stereocenters. The molecule has 0 atom stereocenters. The van der Waals surface area contributed by atoms with Crippen molar-refractivity contribution in [1.82, 2.24) is 10.5 Å². The lowest BCUT2D eigenvalue weighted by atomic mass is 10.2.